The number of para-hydroxylation sites is 1. The van der Waals surface area contributed by atoms with E-state index in [1.807, 2.05) is 18.2 Å². The van der Waals surface area contributed by atoms with Crippen LogP contribution in [-0.4, -0.2) is 19.1 Å². The highest BCUT2D eigenvalue weighted by Crippen LogP contribution is 2.34. The van der Waals surface area contributed by atoms with E-state index < -0.39 is 5.91 Å². The lowest BCUT2D eigenvalue weighted by Gasteiger charge is -2.19. The predicted octanol–water partition coefficient (Wildman–Crippen LogP) is 1.88. The number of anilines is 3. The molecule has 2 aromatic carbocycles. The minimum atomic E-state index is -0.557. The van der Waals surface area contributed by atoms with Gasteiger partial charge < -0.3 is 26.3 Å². The molecule has 0 aromatic heterocycles. The summed E-state index contributed by atoms with van der Waals surface area (Å²) in [6.45, 7) is 1.07. The van der Waals surface area contributed by atoms with Crippen molar-refractivity contribution < 1.29 is 14.3 Å². The first-order valence-corrected chi connectivity index (χ1v) is 6.50. The van der Waals surface area contributed by atoms with Crippen molar-refractivity contribution in [1.82, 2.24) is 0 Å². The largest absolute Gasteiger partial charge is 0.486 e. The molecule has 0 aliphatic carbocycles. The van der Waals surface area contributed by atoms with Crippen molar-refractivity contribution in [2.45, 2.75) is 0 Å². The van der Waals surface area contributed by atoms with Gasteiger partial charge in [0.15, 0.2) is 11.5 Å². The number of primary amides is 1. The molecule has 1 amide bonds. The summed E-state index contributed by atoms with van der Waals surface area (Å²) < 4.78 is 11.0. The zero-order chi connectivity index (χ0) is 14.8. The topological polar surface area (TPSA) is 99.6 Å². The van der Waals surface area contributed by atoms with Crippen molar-refractivity contribution in [3.8, 4) is 11.5 Å². The van der Waals surface area contributed by atoms with Gasteiger partial charge in [0.2, 0.25) is 0 Å². The maximum atomic E-state index is 11.3. The van der Waals surface area contributed by atoms with Crippen molar-refractivity contribution in [3.63, 3.8) is 0 Å². The van der Waals surface area contributed by atoms with Crippen LogP contribution in [0.1, 0.15) is 10.4 Å². The zero-order valence-corrected chi connectivity index (χ0v) is 11.3. The Morgan fingerprint density at radius 2 is 1.86 bits per heavy atom. The summed E-state index contributed by atoms with van der Waals surface area (Å²) in [5.41, 5.74) is 13.2. The summed E-state index contributed by atoms with van der Waals surface area (Å²) >= 11 is 0. The van der Waals surface area contributed by atoms with Crippen molar-refractivity contribution in [3.05, 3.63) is 42.0 Å². The Morgan fingerprint density at radius 3 is 2.62 bits per heavy atom. The Hall–Kier alpha value is -2.89. The summed E-state index contributed by atoms with van der Waals surface area (Å²) in [6.07, 6.45) is 0. The second-order valence-electron chi connectivity index (χ2n) is 4.61. The fourth-order valence-corrected chi connectivity index (χ4v) is 2.17. The van der Waals surface area contributed by atoms with Gasteiger partial charge in [-0.1, -0.05) is 6.07 Å². The van der Waals surface area contributed by atoms with Crippen molar-refractivity contribution in [2.24, 2.45) is 5.73 Å². The van der Waals surface area contributed by atoms with Crippen LogP contribution in [0.4, 0.5) is 17.1 Å². The molecule has 0 saturated heterocycles. The smallest absolute Gasteiger partial charge is 0.250 e. The standard InChI is InChI=1S/C15H15N3O3/c16-14-10(15(17)19)2-1-3-11(14)18-9-4-5-12-13(8-9)21-7-6-20-12/h1-5,8,18H,6-7,16H2,(H2,17,19). The Balaban J connectivity index is 1.90. The van der Waals surface area contributed by atoms with Crippen molar-refractivity contribution in [1.29, 1.82) is 0 Å². The highest BCUT2D eigenvalue weighted by Gasteiger charge is 2.13. The number of benzene rings is 2. The molecular weight excluding hydrogens is 270 g/mol. The van der Waals surface area contributed by atoms with Gasteiger partial charge in [-0.2, -0.15) is 0 Å². The molecule has 21 heavy (non-hydrogen) atoms. The van der Waals surface area contributed by atoms with Crippen LogP contribution >= 0.6 is 0 Å². The number of hydrogen-bond donors (Lipinski definition) is 3. The lowest BCUT2D eigenvalue weighted by atomic mass is 10.1. The highest BCUT2D eigenvalue weighted by atomic mass is 16.6. The molecule has 3 rings (SSSR count). The average molecular weight is 285 g/mol. The number of carbonyl (C=O) groups is 1. The van der Waals surface area contributed by atoms with Gasteiger partial charge in [-0.05, 0) is 24.3 Å². The fraction of sp³-hybridized carbons (Fsp3) is 0.133. The number of carbonyl (C=O) groups excluding carboxylic acids is 1. The summed E-state index contributed by atoms with van der Waals surface area (Å²) in [4.78, 5) is 11.3. The van der Waals surface area contributed by atoms with E-state index in [2.05, 4.69) is 5.32 Å². The summed E-state index contributed by atoms with van der Waals surface area (Å²) in [5.74, 6) is 0.833. The number of ether oxygens (including phenoxy) is 2. The maximum Gasteiger partial charge on any atom is 0.250 e. The molecule has 0 bridgehead atoms. The van der Waals surface area contributed by atoms with Crippen LogP contribution in [0.2, 0.25) is 0 Å². The van der Waals surface area contributed by atoms with E-state index in [9.17, 15) is 4.79 Å². The van der Waals surface area contributed by atoms with E-state index >= 15 is 0 Å². The second kappa shape index (κ2) is 5.24. The molecule has 6 heteroatoms. The Labute approximate surface area is 121 Å². The molecule has 6 nitrogen and oxygen atoms in total. The van der Waals surface area contributed by atoms with Crippen molar-refractivity contribution >= 4 is 23.0 Å². The minimum Gasteiger partial charge on any atom is -0.486 e. The van der Waals surface area contributed by atoms with Crippen LogP contribution in [-0.2, 0) is 0 Å². The normalized spacial score (nSPS) is 12.8. The second-order valence-corrected chi connectivity index (χ2v) is 4.61. The number of nitrogens with two attached hydrogens (primary N) is 2. The van der Waals surface area contributed by atoms with E-state index in [-0.39, 0.29) is 5.56 Å². The molecule has 0 fully saturated rings. The van der Waals surface area contributed by atoms with E-state index in [1.165, 1.54) is 0 Å². The van der Waals surface area contributed by atoms with Crippen molar-refractivity contribution in [2.75, 3.05) is 24.3 Å². The van der Waals surface area contributed by atoms with Gasteiger partial charge in [-0.3, -0.25) is 4.79 Å². The first-order chi connectivity index (χ1) is 10.1. The van der Waals surface area contributed by atoms with Gasteiger partial charge in [0.1, 0.15) is 13.2 Å². The third kappa shape index (κ3) is 2.55. The summed E-state index contributed by atoms with van der Waals surface area (Å²) in [6, 6.07) is 10.6. The fourth-order valence-electron chi connectivity index (χ4n) is 2.17. The molecule has 0 saturated carbocycles. The molecule has 1 aliphatic rings. The van der Waals surface area contributed by atoms with Crippen LogP contribution in [0.15, 0.2) is 36.4 Å². The number of nitrogen functional groups attached to an aromatic ring is 1. The quantitative estimate of drug-likeness (QED) is 0.748. The molecule has 0 unspecified atom stereocenters. The number of hydrogen-bond acceptors (Lipinski definition) is 5. The maximum absolute atomic E-state index is 11.3. The Morgan fingerprint density at radius 1 is 1.10 bits per heavy atom. The Kier molecular flexibility index (Phi) is 3.27. The SMILES string of the molecule is NC(=O)c1cccc(Nc2ccc3c(c2)OCCO3)c1N. The number of rotatable bonds is 3. The molecular formula is C15H15N3O3. The molecule has 1 aliphatic heterocycles. The zero-order valence-electron chi connectivity index (χ0n) is 11.3. The summed E-state index contributed by atoms with van der Waals surface area (Å²) in [5, 5.41) is 3.15. The first-order valence-electron chi connectivity index (χ1n) is 6.50. The molecule has 108 valence electrons. The number of nitrogens with one attached hydrogen (secondary N) is 1. The third-order valence-corrected chi connectivity index (χ3v) is 3.19. The van der Waals surface area contributed by atoms with Crippen LogP contribution in [0, 0.1) is 0 Å². The van der Waals surface area contributed by atoms with Crippen LogP contribution in [0.3, 0.4) is 0 Å². The number of amides is 1. The lowest BCUT2D eigenvalue weighted by molar-refractivity contribution is 0.100. The van der Waals surface area contributed by atoms with Gasteiger partial charge in [0.25, 0.3) is 5.91 Å². The predicted molar refractivity (Wildman–Crippen MR) is 80.1 cm³/mol. The van der Waals surface area contributed by atoms with E-state index in [4.69, 9.17) is 20.9 Å². The third-order valence-electron chi connectivity index (χ3n) is 3.19. The van der Waals surface area contributed by atoms with Crippen LogP contribution in [0.5, 0.6) is 11.5 Å². The van der Waals surface area contributed by atoms with E-state index in [0.29, 0.717) is 36.1 Å². The Bertz CT molecular complexity index is 701. The number of fused-ring (bicyclic) bond motifs is 1. The van der Waals surface area contributed by atoms with E-state index in [1.54, 1.807) is 18.2 Å². The average Bonchev–Trinajstić information content (AvgIpc) is 2.49. The molecule has 5 N–H and O–H groups in total. The highest BCUT2D eigenvalue weighted by molar-refractivity contribution is 6.01. The molecule has 2 aromatic rings. The minimum absolute atomic E-state index is 0.289. The molecule has 0 radical (unpaired) electrons. The lowest BCUT2D eigenvalue weighted by Crippen LogP contribution is -2.15. The monoisotopic (exact) mass is 285 g/mol. The molecule has 0 atom stereocenters. The molecule has 1 heterocycles. The van der Waals surface area contributed by atoms with Gasteiger partial charge in [-0.25, -0.2) is 0 Å². The molecule has 0 spiro atoms. The van der Waals surface area contributed by atoms with E-state index in [0.717, 1.165) is 5.69 Å². The van der Waals surface area contributed by atoms with Crippen LogP contribution < -0.4 is 26.3 Å². The van der Waals surface area contributed by atoms with Gasteiger partial charge >= 0.3 is 0 Å². The van der Waals surface area contributed by atoms with Gasteiger partial charge in [-0.15, -0.1) is 0 Å². The van der Waals surface area contributed by atoms with Gasteiger partial charge in [0, 0.05) is 11.8 Å². The van der Waals surface area contributed by atoms with Gasteiger partial charge in [0.05, 0.1) is 16.9 Å². The van der Waals surface area contributed by atoms with Crippen LogP contribution in [0.25, 0.3) is 0 Å². The summed E-state index contributed by atoms with van der Waals surface area (Å²) in [7, 11) is 0. The first kappa shape index (κ1) is 13.1.